The zero-order valence-corrected chi connectivity index (χ0v) is 11.9. The number of halogens is 1. The summed E-state index contributed by atoms with van der Waals surface area (Å²) >= 11 is 5.43. The van der Waals surface area contributed by atoms with Crippen molar-refractivity contribution in [3.63, 3.8) is 0 Å². The molecular formula is C13H15BrO2S. The third-order valence-corrected chi connectivity index (χ3v) is 5.11. The average molecular weight is 315 g/mol. The normalized spacial score (nSPS) is 26.4. The van der Waals surface area contributed by atoms with Crippen molar-refractivity contribution >= 4 is 27.7 Å². The van der Waals surface area contributed by atoms with Gasteiger partial charge in [0.25, 0.3) is 0 Å². The molecule has 92 valence electrons. The summed E-state index contributed by atoms with van der Waals surface area (Å²) in [6.45, 7) is 0. The Morgan fingerprint density at radius 1 is 1.35 bits per heavy atom. The summed E-state index contributed by atoms with van der Waals surface area (Å²) in [6, 6.07) is 5.88. The predicted octanol–water partition coefficient (Wildman–Crippen LogP) is 3.53. The molecule has 1 saturated heterocycles. The van der Waals surface area contributed by atoms with E-state index in [1.54, 1.807) is 0 Å². The summed E-state index contributed by atoms with van der Waals surface area (Å²) in [6.07, 6.45) is 2.44. The summed E-state index contributed by atoms with van der Waals surface area (Å²) in [7, 11) is 0. The van der Waals surface area contributed by atoms with Crippen LogP contribution in [0.15, 0.2) is 22.7 Å². The van der Waals surface area contributed by atoms with Crippen LogP contribution in [-0.4, -0.2) is 22.2 Å². The van der Waals surface area contributed by atoms with Crippen molar-refractivity contribution in [1.82, 2.24) is 0 Å². The van der Waals surface area contributed by atoms with Gasteiger partial charge in [-0.1, -0.05) is 22.0 Å². The van der Waals surface area contributed by atoms with E-state index in [1.165, 1.54) is 0 Å². The first kappa shape index (κ1) is 11.9. The van der Waals surface area contributed by atoms with Crippen molar-refractivity contribution in [2.75, 3.05) is 11.5 Å². The van der Waals surface area contributed by atoms with Gasteiger partial charge in [0.1, 0.15) is 11.4 Å². The first-order chi connectivity index (χ1) is 8.19. The van der Waals surface area contributed by atoms with E-state index in [0.29, 0.717) is 0 Å². The molecule has 1 aromatic rings. The van der Waals surface area contributed by atoms with Crippen molar-refractivity contribution in [2.24, 2.45) is 0 Å². The van der Waals surface area contributed by atoms with Gasteiger partial charge in [-0.25, -0.2) is 0 Å². The van der Waals surface area contributed by atoms with Crippen LogP contribution in [0.2, 0.25) is 0 Å². The molecule has 2 aliphatic rings. The van der Waals surface area contributed by atoms with Gasteiger partial charge < -0.3 is 9.84 Å². The van der Waals surface area contributed by atoms with Crippen molar-refractivity contribution in [2.45, 2.75) is 31.0 Å². The Labute approximate surface area is 114 Å². The minimum absolute atomic E-state index is 0.127. The van der Waals surface area contributed by atoms with Gasteiger partial charge in [-0.3, -0.25) is 0 Å². The SMILES string of the molecule is O[C@@H]1CC2(CCSCC2)Oc2cc(Br)ccc21. The van der Waals surface area contributed by atoms with E-state index in [0.717, 1.165) is 46.6 Å². The highest BCUT2D eigenvalue weighted by Crippen LogP contribution is 2.45. The highest BCUT2D eigenvalue weighted by Gasteiger charge is 2.41. The smallest absolute Gasteiger partial charge is 0.127 e. The Morgan fingerprint density at radius 3 is 2.88 bits per heavy atom. The summed E-state index contributed by atoms with van der Waals surface area (Å²) in [5.74, 6) is 3.12. The lowest BCUT2D eigenvalue weighted by molar-refractivity contribution is -0.0198. The summed E-state index contributed by atoms with van der Waals surface area (Å²) in [5, 5.41) is 10.3. The fraction of sp³-hybridized carbons (Fsp3) is 0.538. The third-order valence-electron chi connectivity index (χ3n) is 3.63. The van der Waals surface area contributed by atoms with Gasteiger partial charge in [0, 0.05) is 16.5 Å². The molecule has 0 aliphatic carbocycles. The number of benzene rings is 1. The number of aliphatic hydroxyl groups excluding tert-OH is 1. The highest BCUT2D eigenvalue weighted by molar-refractivity contribution is 9.10. The van der Waals surface area contributed by atoms with Crippen LogP contribution >= 0.6 is 27.7 Å². The Morgan fingerprint density at radius 2 is 2.12 bits per heavy atom. The maximum atomic E-state index is 10.3. The molecule has 1 spiro atoms. The molecule has 0 unspecified atom stereocenters. The lowest BCUT2D eigenvalue weighted by atomic mass is 9.84. The summed E-state index contributed by atoms with van der Waals surface area (Å²) in [4.78, 5) is 0. The molecule has 1 aromatic carbocycles. The van der Waals surface area contributed by atoms with Gasteiger partial charge in [-0.05, 0) is 36.5 Å². The molecule has 0 radical (unpaired) electrons. The molecule has 0 bridgehead atoms. The topological polar surface area (TPSA) is 29.5 Å². The lowest BCUT2D eigenvalue weighted by Crippen LogP contribution is -2.44. The quantitative estimate of drug-likeness (QED) is 0.794. The summed E-state index contributed by atoms with van der Waals surface area (Å²) < 4.78 is 7.21. The number of fused-ring (bicyclic) bond motifs is 1. The molecule has 3 rings (SSSR count). The second kappa shape index (κ2) is 4.48. The molecule has 2 nitrogen and oxygen atoms in total. The number of rotatable bonds is 0. The minimum Gasteiger partial charge on any atom is -0.487 e. The molecule has 0 aromatic heterocycles. The van der Waals surface area contributed by atoms with Crippen molar-refractivity contribution in [3.05, 3.63) is 28.2 Å². The fourth-order valence-electron chi connectivity index (χ4n) is 2.66. The first-order valence-electron chi connectivity index (χ1n) is 5.93. The van der Waals surface area contributed by atoms with Gasteiger partial charge in [-0.2, -0.15) is 11.8 Å². The lowest BCUT2D eigenvalue weighted by Gasteiger charge is -2.43. The van der Waals surface area contributed by atoms with E-state index in [1.807, 2.05) is 30.0 Å². The zero-order valence-electron chi connectivity index (χ0n) is 9.49. The van der Waals surface area contributed by atoms with E-state index in [2.05, 4.69) is 15.9 Å². The minimum atomic E-state index is -0.380. The van der Waals surface area contributed by atoms with Crippen molar-refractivity contribution < 1.29 is 9.84 Å². The highest BCUT2D eigenvalue weighted by atomic mass is 79.9. The molecule has 1 atom stereocenters. The number of thioether (sulfide) groups is 1. The molecule has 0 saturated carbocycles. The van der Waals surface area contributed by atoms with Crippen LogP contribution in [0.25, 0.3) is 0 Å². The monoisotopic (exact) mass is 314 g/mol. The van der Waals surface area contributed by atoms with E-state index in [9.17, 15) is 5.11 Å². The Balaban J connectivity index is 1.95. The van der Waals surface area contributed by atoms with Crippen LogP contribution in [0, 0.1) is 0 Å². The second-order valence-corrected chi connectivity index (χ2v) is 6.94. The molecule has 1 N–H and O–H groups in total. The molecular weight excluding hydrogens is 300 g/mol. The van der Waals surface area contributed by atoms with Gasteiger partial charge >= 0.3 is 0 Å². The predicted molar refractivity (Wildman–Crippen MR) is 73.6 cm³/mol. The Bertz CT molecular complexity index is 429. The number of aliphatic hydroxyl groups is 1. The molecule has 2 heterocycles. The van der Waals surface area contributed by atoms with E-state index in [4.69, 9.17) is 4.74 Å². The third kappa shape index (κ3) is 2.23. The number of hydrogen-bond acceptors (Lipinski definition) is 3. The molecule has 0 amide bonds. The van der Waals surface area contributed by atoms with E-state index >= 15 is 0 Å². The molecule has 1 fully saturated rings. The van der Waals surface area contributed by atoms with Crippen molar-refractivity contribution in [1.29, 1.82) is 0 Å². The number of hydrogen-bond donors (Lipinski definition) is 1. The van der Waals surface area contributed by atoms with Gasteiger partial charge in [0.05, 0.1) is 6.10 Å². The maximum Gasteiger partial charge on any atom is 0.127 e. The van der Waals surface area contributed by atoms with Crippen LogP contribution in [0.1, 0.15) is 30.9 Å². The van der Waals surface area contributed by atoms with Crippen molar-refractivity contribution in [3.8, 4) is 5.75 Å². The van der Waals surface area contributed by atoms with E-state index < -0.39 is 0 Å². The Kier molecular flexibility index (Phi) is 3.13. The summed E-state index contributed by atoms with van der Waals surface area (Å²) in [5.41, 5.74) is 0.801. The van der Waals surface area contributed by atoms with Gasteiger partial charge in [0.2, 0.25) is 0 Å². The van der Waals surface area contributed by atoms with Crippen LogP contribution in [0.3, 0.4) is 0 Å². The first-order valence-corrected chi connectivity index (χ1v) is 7.88. The Hall–Kier alpha value is -0.190. The average Bonchev–Trinajstić information content (AvgIpc) is 2.29. The largest absolute Gasteiger partial charge is 0.487 e. The van der Waals surface area contributed by atoms with Crippen LogP contribution < -0.4 is 4.74 Å². The number of ether oxygens (including phenoxy) is 1. The second-order valence-electron chi connectivity index (χ2n) is 4.80. The molecule has 17 heavy (non-hydrogen) atoms. The van der Waals surface area contributed by atoms with Crippen LogP contribution in [-0.2, 0) is 0 Å². The van der Waals surface area contributed by atoms with Crippen LogP contribution in [0.5, 0.6) is 5.75 Å². The molecule has 4 heteroatoms. The fourth-order valence-corrected chi connectivity index (χ4v) is 4.24. The molecule has 2 aliphatic heterocycles. The maximum absolute atomic E-state index is 10.3. The van der Waals surface area contributed by atoms with Gasteiger partial charge in [-0.15, -0.1) is 0 Å². The van der Waals surface area contributed by atoms with Gasteiger partial charge in [0.15, 0.2) is 0 Å². The standard InChI is InChI=1S/C13H15BrO2S/c14-9-1-2-10-11(15)8-13(16-12(10)7-9)3-5-17-6-4-13/h1-2,7,11,15H,3-6,8H2/t11-/m1/s1. The zero-order chi connectivity index (χ0) is 11.9. The van der Waals surface area contributed by atoms with Crippen LogP contribution in [0.4, 0.5) is 0 Å². The van der Waals surface area contributed by atoms with E-state index in [-0.39, 0.29) is 11.7 Å².